The molecule has 0 radical (unpaired) electrons. The highest BCUT2D eigenvalue weighted by atomic mass is 32.2. The zero-order chi connectivity index (χ0) is 23.7. The van der Waals surface area contributed by atoms with Crippen molar-refractivity contribution in [3.63, 3.8) is 0 Å². The number of nitrogens with two attached hydrogens (primary N) is 1. The second-order valence-electron chi connectivity index (χ2n) is 6.85. The minimum absolute atomic E-state index is 0.239. The average Bonchev–Trinajstić information content (AvgIpc) is 3.17. The first-order valence-corrected chi connectivity index (χ1v) is 10.6. The predicted octanol–water partition coefficient (Wildman–Crippen LogP) is 3.32. The van der Waals surface area contributed by atoms with Crippen molar-refractivity contribution in [3.05, 3.63) is 71.8 Å². The number of amides is 1. The van der Waals surface area contributed by atoms with E-state index >= 15 is 0 Å². The van der Waals surface area contributed by atoms with Gasteiger partial charge in [-0.25, -0.2) is 13.2 Å². The number of carbonyl (C=O) groups is 2. The monoisotopic (exact) mass is 466 g/mol. The summed E-state index contributed by atoms with van der Waals surface area (Å²) >= 11 is 0. The predicted molar refractivity (Wildman–Crippen MR) is 111 cm³/mol. The maximum absolute atomic E-state index is 13.1. The molecular weight excluding hydrogens is 449 g/mol. The molecule has 0 aliphatic carbocycles. The Morgan fingerprint density at radius 2 is 1.59 bits per heavy atom. The molecule has 1 aliphatic rings. The molecule has 7 nitrogen and oxygen atoms in total. The number of rotatable bonds is 3. The number of aliphatic carboxylic acids is 1. The molecule has 0 spiro atoms. The SMILES string of the molecule is NC(=O)c1ccc2c(c1)N(S(=O)(=O)c1ccc3ccccc3c1)CC2.O=C(O)C(F)(F)F. The number of hydrogen-bond acceptors (Lipinski definition) is 4. The van der Waals surface area contributed by atoms with Crippen LogP contribution in [0.4, 0.5) is 18.9 Å². The van der Waals surface area contributed by atoms with Gasteiger partial charge in [0.1, 0.15) is 0 Å². The Morgan fingerprint density at radius 3 is 2.19 bits per heavy atom. The van der Waals surface area contributed by atoms with Crippen LogP contribution in [0.5, 0.6) is 0 Å². The highest BCUT2D eigenvalue weighted by Gasteiger charge is 2.38. The number of anilines is 1. The lowest BCUT2D eigenvalue weighted by Gasteiger charge is -2.20. The van der Waals surface area contributed by atoms with E-state index in [1.807, 2.05) is 24.3 Å². The Balaban J connectivity index is 0.000000360. The minimum Gasteiger partial charge on any atom is -0.475 e. The molecule has 32 heavy (non-hydrogen) atoms. The molecular formula is C21H17F3N2O5S. The summed E-state index contributed by atoms with van der Waals surface area (Å²) < 4.78 is 59.4. The van der Waals surface area contributed by atoms with E-state index < -0.39 is 28.1 Å². The third-order valence-corrected chi connectivity index (χ3v) is 6.58. The van der Waals surface area contributed by atoms with Gasteiger partial charge in [-0.2, -0.15) is 13.2 Å². The zero-order valence-electron chi connectivity index (χ0n) is 16.3. The van der Waals surface area contributed by atoms with Crippen LogP contribution in [0, 0.1) is 0 Å². The van der Waals surface area contributed by atoms with Crippen LogP contribution >= 0.6 is 0 Å². The Kier molecular flexibility index (Phi) is 6.13. The van der Waals surface area contributed by atoms with E-state index in [2.05, 4.69) is 0 Å². The molecule has 3 aromatic rings. The van der Waals surface area contributed by atoms with Gasteiger partial charge >= 0.3 is 12.1 Å². The number of sulfonamides is 1. The molecule has 0 bridgehead atoms. The van der Waals surface area contributed by atoms with E-state index in [9.17, 15) is 26.4 Å². The fourth-order valence-corrected chi connectivity index (χ4v) is 4.74. The van der Waals surface area contributed by atoms with Gasteiger partial charge in [0.2, 0.25) is 5.91 Å². The first-order chi connectivity index (χ1) is 14.9. The fraction of sp³-hybridized carbons (Fsp3) is 0.143. The van der Waals surface area contributed by atoms with Crippen molar-refractivity contribution in [2.24, 2.45) is 5.73 Å². The van der Waals surface area contributed by atoms with Gasteiger partial charge in [-0.3, -0.25) is 9.10 Å². The Bertz CT molecular complexity index is 1310. The summed E-state index contributed by atoms with van der Waals surface area (Å²) in [5, 5.41) is 8.98. The van der Waals surface area contributed by atoms with Gasteiger partial charge in [0.25, 0.3) is 10.0 Å². The van der Waals surface area contributed by atoms with E-state index in [-0.39, 0.29) is 4.90 Å². The van der Waals surface area contributed by atoms with Crippen LogP contribution in [0.3, 0.4) is 0 Å². The average molecular weight is 466 g/mol. The molecule has 1 heterocycles. The highest BCUT2D eigenvalue weighted by molar-refractivity contribution is 7.92. The topological polar surface area (TPSA) is 118 Å². The number of benzene rings is 3. The lowest BCUT2D eigenvalue weighted by Crippen LogP contribution is -2.29. The van der Waals surface area contributed by atoms with E-state index in [0.29, 0.717) is 24.2 Å². The van der Waals surface area contributed by atoms with Gasteiger partial charge in [-0.15, -0.1) is 0 Å². The summed E-state index contributed by atoms with van der Waals surface area (Å²) in [5.74, 6) is -3.33. The molecule has 0 saturated heterocycles. The number of carboxylic acid groups (broad SMARTS) is 1. The summed E-state index contributed by atoms with van der Waals surface area (Å²) in [4.78, 5) is 20.6. The number of carbonyl (C=O) groups excluding carboxylic acids is 1. The molecule has 0 atom stereocenters. The van der Waals surface area contributed by atoms with Gasteiger partial charge in [0.15, 0.2) is 0 Å². The third kappa shape index (κ3) is 4.67. The van der Waals surface area contributed by atoms with Gasteiger partial charge in [0.05, 0.1) is 10.6 Å². The van der Waals surface area contributed by atoms with Crippen molar-refractivity contribution in [3.8, 4) is 0 Å². The molecule has 11 heteroatoms. The van der Waals surface area contributed by atoms with Crippen molar-refractivity contribution >= 4 is 38.4 Å². The number of alkyl halides is 3. The van der Waals surface area contributed by atoms with Crippen molar-refractivity contribution < 1.29 is 36.3 Å². The Morgan fingerprint density at radius 1 is 0.969 bits per heavy atom. The van der Waals surface area contributed by atoms with E-state index in [0.717, 1.165) is 16.3 Å². The van der Waals surface area contributed by atoms with Crippen LogP contribution in [0.1, 0.15) is 15.9 Å². The molecule has 3 N–H and O–H groups in total. The smallest absolute Gasteiger partial charge is 0.475 e. The first-order valence-electron chi connectivity index (χ1n) is 9.15. The van der Waals surface area contributed by atoms with Crippen LogP contribution in [0.15, 0.2) is 65.6 Å². The van der Waals surface area contributed by atoms with Gasteiger partial charge < -0.3 is 10.8 Å². The Labute approximate surface area is 180 Å². The highest BCUT2D eigenvalue weighted by Crippen LogP contribution is 2.34. The number of primary amides is 1. The van der Waals surface area contributed by atoms with Gasteiger partial charge in [-0.05, 0) is 47.0 Å². The third-order valence-electron chi connectivity index (χ3n) is 4.77. The van der Waals surface area contributed by atoms with E-state index in [1.165, 1.54) is 4.31 Å². The summed E-state index contributed by atoms with van der Waals surface area (Å²) in [6, 6.07) is 17.7. The lowest BCUT2D eigenvalue weighted by molar-refractivity contribution is -0.192. The summed E-state index contributed by atoms with van der Waals surface area (Å²) in [6.45, 7) is 0.354. The molecule has 4 rings (SSSR count). The summed E-state index contributed by atoms with van der Waals surface area (Å²) in [7, 11) is -3.70. The molecule has 1 aliphatic heterocycles. The largest absolute Gasteiger partial charge is 0.490 e. The maximum Gasteiger partial charge on any atom is 0.490 e. The van der Waals surface area contributed by atoms with Crippen molar-refractivity contribution in [1.82, 2.24) is 0 Å². The number of halogens is 3. The quantitative estimate of drug-likeness (QED) is 0.614. The number of fused-ring (bicyclic) bond motifs is 2. The van der Waals surface area contributed by atoms with E-state index in [1.54, 1.807) is 36.4 Å². The van der Waals surface area contributed by atoms with Crippen molar-refractivity contribution in [1.29, 1.82) is 0 Å². The standard InChI is InChI=1S/C19H16N2O3S.C2HF3O2/c20-19(22)16-6-5-14-9-10-21(18(14)12-16)25(23,24)17-8-7-13-3-1-2-4-15(13)11-17;3-2(4,5)1(6)7/h1-8,11-12H,9-10H2,(H2,20,22);(H,6,7). The zero-order valence-corrected chi connectivity index (χ0v) is 17.2. The molecule has 3 aromatic carbocycles. The van der Waals surface area contributed by atoms with Crippen molar-refractivity contribution in [2.75, 3.05) is 10.8 Å². The van der Waals surface area contributed by atoms with Crippen LogP contribution in [-0.2, 0) is 21.2 Å². The fourth-order valence-electron chi connectivity index (χ4n) is 3.21. The summed E-state index contributed by atoms with van der Waals surface area (Å²) in [5.41, 5.74) is 7.06. The first kappa shape index (κ1) is 23.1. The normalized spacial score (nSPS) is 13.3. The van der Waals surface area contributed by atoms with Gasteiger partial charge in [-0.1, -0.05) is 36.4 Å². The van der Waals surface area contributed by atoms with Crippen molar-refractivity contribution in [2.45, 2.75) is 17.5 Å². The van der Waals surface area contributed by atoms with Crippen LogP contribution in [-0.4, -0.2) is 38.1 Å². The second-order valence-corrected chi connectivity index (χ2v) is 8.71. The van der Waals surface area contributed by atoms with Crippen LogP contribution in [0.25, 0.3) is 10.8 Å². The molecule has 168 valence electrons. The molecule has 0 unspecified atom stereocenters. The molecule has 0 saturated carbocycles. The van der Waals surface area contributed by atoms with Crippen LogP contribution < -0.4 is 10.0 Å². The second kappa shape index (κ2) is 8.50. The Hall–Kier alpha value is -3.60. The number of nitrogens with zero attached hydrogens (tertiary/aromatic N) is 1. The minimum atomic E-state index is -5.08. The maximum atomic E-state index is 13.1. The lowest BCUT2D eigenvalue weighted by atomic mass is 10.1. The number of hydrogen-bond donors (Lipinski definition) is 2. The molecule has 0 aromatic heterocycles. The van der Waals surface area contributed by atoms with Gasteiger partial charge in [0, 0.05) is 12.1 Å². The molecule has 1 amide bonds. The number of carboxylic acids is 1. The molecule has 0 fully saturated rings. The van der Waals surface area contributed by atoms with Crippen LogP contribution in [0.2, 0.25) is 0 Å². The summed E-state index contributed by atoms with van der Waals surface area (Å²) in [6.07, 6.45) is -4.47. The van der Waals surface area contributed by atoms with E-state index in [4.69, 9.17) is 15.6 Å².